The van der Waals surface area contributed by atoms with Crippen molar-refractivity contribution in [3.05, 3.63) is 82.8 Å². The number of aromatic nitrogens is 2. The van der Waals surface area contributed by atoms with Crippen LogP contribution < -0.4 is 4.74 Å². The average molecular weight is 449 g/mol. The Morgan fingerprint density at radius 1 is 0.966 bits per heavy atom. The molecule has 4 aromatic rings. The lowest BCUT2D eigenvalue weighted by Crippen LogP contribution is -2.06. The standard InChI is InChI=1S/C25H25BrN2O/c1-18(2)19-11-13-22(14-12-19)29-16-6-15-28-24-10-4-3-9-23(24)27-25(28)20-7-5-8-21(26)17-20/h3-5,7-14,17-18H,6,15-16H2,1-2H3. The van der Waals surface area contributed by atoms with E-state index < -0.39 is 0 Å². The van der Waals surface area contributed by atoms with Crippen LogP contribution in [0.5, 0.6) is 5.75 Å². The molecule has 4 heteroatoms. The summed E-state index contributed by atoms with van der Waals surface area (Å²) in [7, 11) is 0. The van der Waals surface area contributed by atoms with Crippen LogP contribution in [0.1, 0.15) is 31.7 Å². The molecule has 0 atom stereocenters. The number of fused-ring (bicyclic) bond motifs is 1. The second-order valence-electron chi connectivity index (χ2n) is 7.51. The summed E-state index contributed by atoms with van der Waals surface area (Å²) in [5.41, 5.74) is 4.62. The molecule has 3 aromatic carbocycles. The molecular formula is C25H25BrN2O. The third kappa shape index (κ3) is 4.54. The van der Waals surface area contributed by atoms with Crippen LogP contribution in [0.2, 0.25) is 0 Å². The largest absolute Gasteiger partial charge is 0.494 e. The lowest BCUT2D eigenvalue weighted by molar-refractivity contribution is 0.303. The smallest absolute Gasteiger partial charge is 0.141 e. The van der Waals surface area contributed by atoms with Crippen LogP contribution in [-0.2, 0) is 6.54 Å². The fourth-order valence-corrected chi connectivity index (χ4v) is 3.91. The van der Waals surface area contributed by atoms with Crippen molar-refractivity contribution in [3.63, 3.8) is 0 Å². The zero-order chi connectivity index (χ0) is 20.2. The van der Waals surface area contributed by atoms with Gasteiger partial charge in [-0.25, -0.2) is 4.98 Å². The minimum Gasteiger partial charge on any atom is -0.494 e. The van der Waals surface area contributed by atoms with E-state index in [1.165, 1.54) is 5.56 Å². The Hall–Kier alpha value is -2.59. The first-order valence-corrected chi connectivity index (χ1v) is 10.8. The fourth-order valence-electron chi connectivity index (χ4n) is 3.51. The van der Waals surface area contributed by atoms with Gasteiger partial charge in [0.05, 0.1) is 17.6 Å². The maximum Gasteiger partial charge on any atom is 0.141 e. The van der Waals surface area contributed by atoms with Crippen molar-refractivity contribution < 1.29 is 4.74 Å². The number of hydrogen-bond donors (Lipinski definition) is 0. The molecule has 0 spiro atoms. The predicted octanol–water partition coefficient (Wildman–Crippen LogP) is 7.06. The van der Waals surface area contributed by atoms with Crippen LogP contribution in [0.25, 0.3) is 22.4 Å². The van der Waals surface area contributed by atoms with E-state index in [2.05, 4.69) is 88.9 Å². The normalized spacial score (nSPS) is 11.3. The van der Waals surface area contributed by atoms with Crippen LogP contribution in [-0.4, -0.2) is 16.2 Å². The Morgan fingerprint density at radius 3 is 2.52 bits per heavy atom. The van der Waals surface area contributed by atoms with Gasteiger partial charge in [-0.1, -0.05) is 66.2 Å². The molecule has 1 heterocycles. The predicted molar refractivity (Wildman–Crippen MR) is 124 cm³/mol. The molecule has 0 aliphatic carbocycles. The van der Waals surface area contributed by atoms with Gasteiger partial charge in [-0.2, -0.15) is 0 Å². The molecule has 0 saturated heterocycles. The molecule has 3 nitrogen and oxygen atoms in total. The van der Waals surface area contributed by atoms with Crippen molar-refractivity contribution in [2.45, 2.75) is 32.7 Å². The van der Waals surface area contributed by atoms with Gasteiger partial charge < -0.3 is 9.30 Å². The molecule has 0 fully saturated rings. The van der Waals surface area contributed by atoms with Crippen LogP contribution in [0.3, 0.4) is 0 Å². The van der Waals surface area contributed by atoms with E-state index in [-0.39, 0.29) is 0 Å². The highest BCUT2D eigenvalue weighted by atomic mass is 79.9. The monoisotopic (exact) mass is 448 g/mol. The van der Waals surface area contributed by atoms with E-state index >= 15 is 0 Å². The Bertz CT molecular complexity index is 1100. The number of imidazole rings is 1. The number of benzene rings is 3. The zero-order valence-electron chi connectivity index (χ0n) is 16.8. The zero-order valence-corrected chi connectivity index (χ0v) is 18.4. The van der Waals surface area contributed by atoms with Crippen molar-refractivity contribution in [2.24, 2.45) is 0 Å². The number of hydrogen-bond acceptors (Lipinski definition) is 2. The molecule has 0 saturated carbocycles. The molecule has 0 aliphatic heterocycles. The third-order valence-corrected chi connectivity index (χ3v) is 5.57. The Balaban J connectivity index is 1.49. The summed E-state index contributed by atoms with van der Waals surface area (Å²) in [6.45, 7) is 5.93. The number of halogens is 1. The van der Waals surface area contributed by atoms with E-state index in [0.717, 1.165) is 45.6 Å². The summed E-state index contributed by atoms with van der Waals surface area (Å²) >= 11 is 3.57. The molecular weight excluding hydrogens is 424 g/mol. The van der Waals surface area contributed by atoms with E-state index in [1.807, 2.05) is 18.2 Å². The average Bonchev–Trinajstić information content (AvgIpc) is 3.10. The van der Waals surface area contributed by atoms with Gasteiger partial charge in [0, 0.05) is 16.6 Å². The van der Waals surface area contributed by atoms with Crippen molar-refractivity contribution in [1.82, 2.24) is 9.55 Å². The van der Waals surface area contributed by atoms with E-state index in [0.29, 0.717) is 12.5 Å². The topological polar surface area (TPSA) is 27.1 Å². The SMILES string of the molecule is CC(C)c1ccc(OCCCn2c(-c3cccc(Br)c3)nc3ccccc32)cc1. The number of rotatable bonds is 7. The summed E-state index contributed by atoms with van der Waals surface area (Å²) in [5.74, 6) is 2.46. The quantitative estimate of drug-likeness (QED) is 0.283. The molecule has 0 aliphatic rings. The van der Waals surface area contributed by atoms with Crippen molar-refractivity contribution in [1.29, 1.82) is 0 Å². The van der Waals surface area contributed by atoms with Gasteiger partial charge in [-0.05, 0) is 54.3 Å². The van der Waals surface area contributed by atoms with Gasteiger partial charge in [0.2, 0.25) is 0 Å². The van der Waals surface area contributed by atoms with Gasteiger partial charge in [0.15, 0.2) is 0 Å². The van der Waals surface area contributed by atoms with Crippen LogP contribution in [0.4, 0.5) is 0 Å². The number of nitrogens with zero attached hydrogens (tertiary/aromatic N) is 2. The van der Waals surface area contributed by atoms with E-state index in [9.17, 15) is 0 Å². The molecule has 4 rings (SSSR count). The van der Waals surface area contributed by atoms with Crippen LogP contribution in [0.15, 0.2) is 77.3 Å². The molecule has 0 radical (unpaired) electrons. The highest BCUT2D eigenvalue weighted by molar-refractivity contribution is 9.10. The van der Waals surface area contributed by atoms with Gasteiger partial charge >= 0.3 is 0 Å². The Morgan fingerprint density at radius 2 is 1.76 bits per heavy atom. The second kappa shape index (κ2) is 8.83. The third-order valence-electron chi connectivity index (χ3n) is 5.08. The summed E-state index contributed by atoms with van der Waals surface area (Å²) in [5, 5.41) is 0. The molecule has 0 amide bonds. The molecule has 1 aromatic heterocycles. The number of ether oxygens (including phenoxy) is 1. The summed E-state index contributed by atoms with van der Waals surface area (Å²) in [6.07, 6.45) is 0.910. The lowest BCUT2D eigenvalue weighted by Gasteiger charge is -2.11. The minimum atomic E-state index is 0.537. The van der Waals surface area contributed by atoms with Crippen molar-refractivity contribution >= 4 is 27.0 Å². The van der Waals surface area contributed by atoms with Gasteiger partial charge in [0.1, 0.15) is 11.6 Å². The molecule has 0 N–H and O–H groups in total. The van der Waals surface area contributed by atoms with E-state index in [4.69, 9.17) is 9.72 Å². The second-order valence-corrected chi connectivity index (χ2v) is 8.43. The molecule has 148 valence electrons. The number of aryl methyl sites for hydroxylation is 1. The van der Waals surface area contributed by atoms with Gasteiger partial charge in [-0.3, -0.25) is 0 Å². The maximum absolute atomic E-state index is 5.97. The van der Waals surface area contributed by atoms with Crippen molar-refractivity contribution in [3.8, 4) is 17.1 Å². The highest BCUT2D eigenvalue weighted by Crippen LogP contribution is 2.27. The summed E-state index contributed by atoms with van der Waals surface area (Å²) in [6, 6.07) is 25.0. The maximum atomic E-state index is 5.97. The van der Waals surface area contributed by atoms with E-state index in [1.54, 1.807) is 0 Å². The van der Waals surface area contributed by atoms with Gasteiger partial charge in [-0.15, -0.1) is 0 Å². The first kappa shape index (κ1) is 19.7. The van der Waals surface area contributed by atoms with Crippen LogP contribution >= 0.6 is 15.9 Å². The fraction of sp³-hybridized carbons (Fsp3) is 0.240. The Labute approximate surface area is 180 Å². The van der Waals surface area contributed by atoms with Crippen LogP contribution in [0, 0.1) is 0 Å². The summed E-state index contributed by atoms with van der Waals surface area (Å²) in [4.78, 5) is 4.89. The lowest BCUT2D eigenvalue weighted by atomic mass is 10.0. The number of para-hydroxylation sites is 2. The minimum absolute atomic E-state index is 0.537. The first-order valence-electron chi connectivity index (χ1n) is 10.1. The molecule has 0 bridgehead atoms. The molecule has 0 unspecified atom stereocenters. The van der Waals surface area contributed by atoms with Gasteiger partial charge in [0.25, 0.3) is 0 Å². The molecule has 29 heavy (non-hydrogen) atoms. The first-order chi connectivity index (χ1) is 14.1. The van der Waals surface area contributed by atoms with Crippen molar-refractivity contribution in [2.75, 3.05) is 6.61 Å². The Kier molecular flexibility index (Phi) is 6.00. The highest BCUT2D eigenvalue weighted by Gasteiger charge is 2.12. The summed E-state index contributed by atoms with van der Waals surface area (Å²) < 4.78 is 9.33.